The van der Waals surface area contributed by atoms with Crippen molar-refractivity contribution < 1.29 is 0 Å². The fourth-order valence-corrected chi connectivity index (χ4v) is 2.54. The first kappa shape index (κ1) is 13.7. The second-order valence-electron chi connectivity index (χ2n) is 4.89. The van der Waals surface area contributed by atoms with Crippen molar-refractivity contribution in [2.75, 3.05) is 7.05 Å². The molecule has 0 fully saturated rings. The molecule has 2 heterocycles. The number of hydrogen-bond donors (Lipinski definition) is 1. The Hall–Kier alpha value is -2.29. The van der Waals surface area contributed by atoms with Gasteiger partial charge in [0.15, 0.2) is 5.00 Å². The minimum absolute atomic E-state index is 0.539. The Bertz CT molecular complexity index is 730. The Morgan fingerprint density at radius 3 is 2.95 bits per heavy atom. The largest absolute Gasteiger partial charge is 0.324 e. The van der Waals surface area contributed by atoms with Crippen LogP contribution in [0.25, 0.3) is 0 Å². The van der Waals surface area contributed by atoms with Crippen molar-refractivity contribution in [1.29, 1.82) is 5.26 Å². The number of nitrogens with one attached hydrogen (secondary N) is 1. The first-order valence-electron chi connectivity index (χ1n) is 6.51. The molecule has 1 atom stereocenters. The number of nitriles is 1. The summed E-state index contributed by atoms with van der Waals surface area (Å²) in [7, 11) is 1.87. The van der Waals surface area contributed by atoms with Crippen molar-refractivity contribution in [1.82, 2.24) is 20.2 Å². The monoisotopic (exact) mass is 299 g/mol. The molecule has 106 valence electrons. The third kappa shape index (κ3) is 2.40. The van der Waals surface area contributed by atoms with Crippen LogP contribution in [0, 0.1) is 11.3 Å². The highest BCUT2D eigenvalue weighted by atomic mass is 35.5. The average Bonchev–Trinajstić information content (AvgIpc) is 3.08. The third-order valence-electron chi connectivity index (χ3n) is 3.57. The van der Waals surface area contributed by atoms with Crippen molar-refractivity contribution in [3.8, 4) is 6.07 Å². The lowest BCUT2D eigenvalue weighted by molar-refractivity contribution is 0.222. The van der Waals surface area contributed by atoms with Crippen LogP contribution >= 0.6 is 11.6 Å². The first-order valence-corrected chi connectivity index (χ1v) is 6.89. The summed E-state index contributed by atoms with van der Waals surface area (Å²) in [6.07, 6.45) is 7.32. The van der Waals surface area contributed by atoms with Crippen LogP contribution in [0.15, 0.2) is 48.9 Å². The third-order valence-corrected chi connectivity index (χ3v) is 4.17. The zero-order chi connectivity index (χ0) is 14.9. The topological polar surface area (TPSA) is 56.9 Å². The molecule has 21 heavy (non-hydrogen) atoms. The second kappa shape index (κ2) is 5.24. The van der Waals surface area contributed by atoms with Gasteiger partial charge in [0.05, 0.1) is 24.4 Å². The van der Waals surface area contributed by atoms with Gasteiger partial charge in [-0.3, -0.25) is 4.68 Å². The van der Waals surface area contributed by atoms with Gasteiger partial charge in [-0.2, -0.15) is 15.4 Å². The van der Waals surface area contributed by atoms with Gasteiger partial charge in [-0.05, 0) is 17.7 Å². The van der Waals surface area contributed by atoms with Gasteiger partial charge in [0.2, 0.25) is 0 Å². The van der Waals surface area contributed by atoms with Crippen molar-refractivity contribution in [3.63, 3.8) is 0 Å². The molecule has 2 aromatic rings. The average molecular weight is 300 g/mol. The minimum Gasteiger partial charge on any atom is -0.324 e. The number of rotatable bonds is 3. The van der Waals surface area contributed by atoms with E-state index in [1.54, 1.807) is 28.2 Å². The highest BCUT2D eigenvalue weighted by molar-refractivity contribution is 6.25. The van der Waals surface area contributed by atoms with E-state index in [2.05, 4.69) is 16.6 Å². The number of hydrogen-bond acceptors (Lipinski definition) is 4. The number of nitrogens with zero attached hydrogens (tertiary/aromatic N) is 4. The normalized spacial score (nSPS) is 21.2. The smallest absolute Gasteiger partial charge is 0.161 e. The molecule has 0 aliphatic carbocycles. The molecule has 0 saturated carbocycles. The molecular formula is C15H14ClN5. The van der Waals surface area contributed by atoms with E-state index in [1.165, 1.54) is 0 Å². The summed E-state index contributed by atoms with van der Waals surface area (Å²) in [6.45, 7) is 0.539. The SMILES string of the molecule is CN1NC=CC1(Cl)c1cnn(Cc2ccccc2C#N)c1. The van der Waals surface area contributed by atoms with E-state index < -0.39 is 5.00 Å². The van der Waals surface area contributed by atoms with Crippen LogP contribution in [0.2, 0.25) is 0 Å². The van der Waals surface area contributed by atoms with Crippen LogP contribution in [0.4, 0.5) is 0 Å². The van der Waals surface area contributed by atoms with E-state index in [9.17, 15) is 0 Å². The van der Waals surface area contributed by atoms with Crippen LogP contribution in [0.1, 0.15) is 16.7 Å². The first-order chi connectivity index (χ1) is 10.1. The fraction of sp³-hybridized carbons (Fsp3) is 0.200. The molecule has 1 aromatic heterocycles. The van der Waals surface area contributed by atoms with Crippen LogP contribution in [0.5, 0.6) is 0 Å². The van der Waals surface area contributed by atoms with Crippen LogP contribution in [0.3, 0.4) is 0 Å². The number of benzene rings is 1. The van der Waals surface area contributed by atoms with Gasteiger partial charge in [-0.25, -0.2) is 0 Å². The zero-order valence-electron chi connectivity index (χ0n) is 11.5. The van der Waals surface area contributed by atoms with E-state index in [4.69, 9.17) is 16.9 Å². The molecule has 1 aliphatic rings. The molecule has 6 heteroatoms. The molecule has 0 amide bonds. The standard InChI is InChI=1S/C15H14ClN5/c1-20-15(16,6-7-18-20)14-9-19-21(11-14)10-13-5-3-2-4-12(13)8-17/h2-7,9,11,18H,10H2,1H3. The molecule has 3 rings (SSSR count). The minimum atomic E-state index is -0.729. The van der Waals surface area contributed by atoms with E-state index in [0.717, 1.165) is 11.1 Å². The highest BCUT2D eigenvalue weighted by Crippen LogP contribution is 2.35. The van der Waals surface area contributed by atoms with Crippen molar-refractivity contribution >= 4 is 11.6 Å². The predicted molar refractivity (Wildman–Crippen MR) is 80.1 cm³/mol. The summed E-state index contributed by atoms with van der Waals surface area (Å²) in [5.74, 6) is 0. The quantitative estimate of drug-likeness (QED) is 0.697. The molecule has 1 aromatic carbocycles. The molecule has 1 aliphatic heterocycles. The molecule has 1 unspecified atom stereocenters. The van der Waals surface area contributed by atoms with Gasteiger partial charge < -0.3 is 5.43 Å². The maximum Gasteiger partial charge on any atom is 0.161 e. The van der Waals surface area contributed by atoms with Gasteiger partial charge in [-0.1, -0.05) is 29.8 Å². The fourth-order valence-electron chi connectivity index (χ4n) is 2.33. The number of halogens is 1. The lowest BCUT2D eigenvalue weighted by Crippen LogP contribution is -2.39. The number of alkyl halides is 1. The zero-order valence-corrected chi connectivity index (χ0v) is 12.2. The molecule has 1 N–H and O–H groups in total. The lowest BCUT2D eigenvalue weighted by Gasteiger charge is -2.27. The van der Waals surface area contributed by atoms with Crippen LogP contribution < -0.4 is 5.43 Å². The Morgan fingerprint density at radius 2 is 2.24 bits per heavy atom. The second-order valence-corrected chi connectivity index (χ2v) is 5.47. The maximum atomic E-state index is 9.13. The Kier molecular flexibility index (Phi) is 3.42. The summed E-state index contributed by atoms with van der Waals surface area (Å²) in [4.78, 5) is -0.729. The number of hydrazine groups is 1. The number of aromatic nitrogens is 2. The summed E-state index contributed by atoms with van der Waals surface area (Å²) >= 11 is 6.59. The summed E-state index contributed by atoms with van der Waals surface area (Å²) in [5.41, 5.74) is 5.50. The highest BCUT2D eigenvalue weighted by Gasteiger charge is 2.36. The molecule has 0 radical (unpaired) electrons. The van der Waals surface area contributed by atoms with Gasteiger partial charge in [0, 0.05) is 25.0 Å². The van der Waals surface area contributed by atoms with Gasteiger partial charge in [0.25, 0.3) is 0 Å². The lowest BCUT2D eigenvalue weighted by atomic mass is 10.1. The van der Waals surface area contributed by atoms with E-state index in [-0.39, 0.29) is 0 Å². The summed E-state index contributed by atoms with van der Waals surface area (Å²) < 4.78 is 1.79. The van der Waals surface area contributed by atoms with E-state index >= 15 is 0 Å². The van der Waals surface area contributed by atoms with Gasteiger partial charge in [-0.15, -0.1) is 0 Å². The summed E-state index contributed by atoms with van der Waals surface area (Å²) in [5, 5.41) is 15.3. The molecule has 5 nitrogen and oxygen atoms in total. The van der Waals surface area contributed by atoms with Crippen LogP contribution in [-0.2, 0) is 11.5 Å². The Balaban J connectivity index is 1.86. The van der Waals surface area contributed by atoms with Crippen LogP contribution in [-0.4, -0.2) is 21.8 Å². The predicted octanol–water partition coefficient (Wildman–Crippen LogP) is 2.16. The van der Waals surface area contributed by atoms with E-state index in [1.807, 2.05) is 37.5 Å². The van der Waals surface area contributed by atoms with Crippen molar-refractivity contribution in [2.45, 2.75) is 11.5 Å². The molecular weight excluding hydrogens is 286 g/mol. The van der Waals surface area contributed by atoms with E-state index in [0.29, 0.717) is 12.1 Å². The van der Waals surface area contributed by atoms with Crippen molar-refractivity contribution in [2.24, 2.45) is 0 Å². The Morgan fingerprint density at radius 1 is 1.43 bits per heavy atom. The maximum absolute atomic E-state index is 9.13. The van der Waals surface area contributed by atoms with Gasteiger partial charge in [0.1, 0.15) is 0 Å². The van der Waals surface area contributed by atoms with Gasteiger partial charge >= 0.3 is 0 Å². The molecule has 0 spiro atoms. The number of likely N-dealkylation sites (N-methyl/N-ethyl adjacent to an activating group) is 1. The molecule has 0 saturated heterocycles. The molecule has 0 bridgehead atoms. The Labute approximate surface area is 128 Å². The summed E-state index contributed by atoms with van der Waals surface area (Å²) in [6, 6.07) is 9.70. The van der Waals surface area contributed by atoms with Crippen molar-refractivity contribution in [3.05, 3.63) is 65.6 Å².